The van der Waals surface area contributed by atoms with Gasteiger partial charge in [0.05, 0.1) is 12.2 Å². The molecule has 2 aromatic rings. The number of benzene rings is 2. The van der Waals surface area contributed by atoms with Crippen LogP contribution in [0.1, 0.15) is 70.0 Å². The fourth-order valence-electron chi connectivity index (χ4n) is 2.95. The summed E-state index contributed by atoms with van der Waals surface area (Å²) < 4.78 is 10.8. The first-order valence-electron chi connectivity index (χ1n) is 10.3. The van der Waals surface area contributed by atoms with Crippen molar-refractivity contribution in [3.63, 3.8) is 0 Å². The average molecular weight is 412 g/mol. The third kappa shape index (κ3) is 6.34. The Balaban J connectivity index is 2.06. The zero-order valence-electron chi connectivity index (χ0n) is 19.1. The molecule has 1 amide bonds. The monoisotopic (exact) mass is 411 g/mol. The van der Waals surface area contributed by atoms with Gasteiger partial charge in [-0.15, -0.1) is 0 Å². The predicted octanol–water partition coefficient (Wildman–Crippen LogP) is 5.48. The molecule has 0 aliphatic heterocycles. The Morgan fingerprint density at radius 1 is 0.900 bits per heavy atom. The van der Waals surface area contributed by atoms with Crippen LogP contribution in [0, 0.1) is 0 Å². The van der Waals surface area contributed by atoms with Gasteiger partial charge in [0.25, 0.3) is 5.91 Å². The van der Waals surface area contributed by atoms with Gasteiger partial charge >= 0.3 is 5.97 Å². The van der Waals surface area contributed by atoms with E-state index in [-0.39, 0.29) is 29.3 Å². The molecule has 2 rings (SSSR count). The SMILES string of the molecule is CCOC(=O)c1ccc(NC(=O)COc2ccc(C(C)(C)C)cc2C(C)(C)C)cc1. The van der Waals surface area contributed by atoms with Gasteiger partial charge in [0.2, 0.25) is 0 Å². The Morgan fingerprint density at radius 2 is 1.53 bits per heavy atom. The van der Waals surface area contributed by atoms with Crippen LogP contribution in [0.5, 0.6) is 5.75 Å². The molecule has 30 heavy (non-hydrogen) atoms. The topological polar surface area (TPSA) is 64.6 Å². The molecule has 0 radical (unpaired) electrons. The summed E-state index contributed by atoms with van der Waals surface area (Å²) in [6, 6.07) is 12.8. The molecule has 0 heterocycles. The second kappa shape index (κ2) is 9.33. The Kier molecular flexibility index (Phi) is 7.30. The van der Waals surface area contributed by atoms with Crippen molar-refractivity contribution >= 4 is 17.6 Å². The molecule has 0 spiro atoms. The fraction of sp³-hybridized carbons (Fsp3) is 0.440. The zero-order valence-corrected chi connectivity index (χ0v) is 19.1. The van der Waals surface area contributed by atoms with Gasteiger partial charge in [0.15, 0.2) is 6.61 Å². The van der Waals surface area contributed by atoms with Crippen LogP contribution < -0.4 is 10.1 Å². The van der Waals surface area contributed by atoms with E-state index in [0.29, 0.717) is 23.6 Å². The van der Waals surface area contributed by atoms with Crippen LogP contribution in [0.15, 0.2) is 42.5 Å². The van der Waals surface area contributed by atoms with E-state index in [2.05, 4.69) is 59.0 Å². The smallest absolute Gasteiger partial charge is 0.338 e. The molecule has 1 N–H and O–H groups in total. The molecule has 0 saturated carbocycles. The number of carbonyl (C=O) groups excluding carboxylic acids is 2. The third-order valence-electron chi connectivity index (χ3n) is 4.69. The summed E-state index contributed by atoms with van der Waals surface area (Å²) in [6.45, 7) is 14.9. The van der Waals surface area contributed by atoms with Crippen molar-refractivity contribution in [1.29, 1.82) is 0 Å². The summed E-state index contributed by atoms with van der Waals surface area (Å²) in [4.78, 5) is 24.1. The molecule has 0 aliphatic rings. The summed E-state index contributed by atoms with van der Waals surface area (Å²) in [5.41, 5.74) is 3.25. The van der Waals surface area contributed by atoms with Crippen LogP contribution >= 0.6 is 0 Å². The molecule has 5 nitrogen and oxygen atoms in total. The van der Waals surface area contributed by atoms with Gasteiger partial charge in [0, 0.05) is 5.69 Å². The number of nitrogens with one attached hydrogen (secondary N) is 1. The molecule has 0 atom stereocenters. The first-order chi connectivity index (χ1) is 13.9. The lowest BCUT2D eigenvalue weighted by atomic mass is 9.80. The van der Waals surface area contributed by atoms with Crippen molar-refractivity contribution in [1.82, 2.24) is 0 Å². The second-order valence-electron chi connectivity index (χ2n) is 9.35. The first kappa shape index (κ1) is 23.5. The molecule has 0 unspecified atom stereocenters. The molecule has 162 valence electrons. The van der Waals surface area contributed by atoms with Crippen molar-refractivity contribution in [2.45, 2.75) is 59.3 Å². The van der Waals surface area contributed by atoms with Gasteiger partial charge in [0.1, 0.15) is 5.75 Å². The zero-order chi connectivity index (χ0) is 22.5. The summed E-state index contributed by atoms with van der Waals surface area (Å²) in [5.74, 6) is 0.0640. The summed E-state index contributed by atoms with van der Waals surface area (Å²) >= 11 is 0. The maximum absolute atomic E-state index is 12.4. The third-order valence-corrected chi connectivity index (χ3v) is 4.69. The highest BCUT2D eigenvalue weighted by molar-refractivity contribution is 5.93. The average Bonchev–Trinajstić information content (AvgIpc) is 2.65. The van der Waals surface area contributed by atoms with E-state index in [1.54, 1.807) is 31.2 Å². The number of ether oxygens (including phenoxy) is 2. The molecule has 0 bridgehead atoms. The Morgan fingerprint density at radius 3 is 2.07 bits per heavy atom. The lowest BCUT2D eigenvalue weighted by Gasteiger charge is -2.27. The van der Waals surface area contributed by atoms with Gasteiger partial charge in [-0.2, -0.15) is 0 Å². The summed E-state index contributed by atoms with van der Waals surface area (Å²) in [5, 5.41) is 2.79. The van der Waals surface area contributed by atoms with Crippen LogP contribution in [0.3, 0.4) is 0 Å². The van der Waals surface area contributed by atoms with Crippen LogP contribution in [-0.4, -0.2) is 25.1 Å². The molecular formula is C25H33NO4. The van der Waals surface area contributed by atoms with Crippen LogP contribution in [0.2, 0.25) is 0 Å². The van der Waals surface area contributed by atoms with Crippen molar-refractivity contribution in [3.8, 4) is 5.75 Å². The molecule has 2 aromatic carbocycles. The molecule has 0 fully saturated rings. The molecular weight excluding hydrogens is 378 g/mol. The minimum atomic E-state index is -0.382. The van der Waals surface area contributed by atoms with Crippen LogP contribution in [0.25, 0.3) is 0 Å². The number of hydrogen-bond acceptors (Lipinski definition) is 4. The van der Waals surface area contributed by atoms with Crippen molar-refractivity contribution in [3.05, 3.63) is 59.2 Å². The number of hydrogen-bond donors (Lipinski definition) is 1. The highest BCUT2D eigenvalue weighted by Crippen LogP contribution is 2.35. The fourth-order valence-corrected chi connectivity index (χ4v) is 2.95. The predicted molar refractivity (Wildman–Crippen MR) is 120 cm³/mol. The largest absolute Gasteiger partial charge is 0.483 e. The summed E-state index contributed by atoms with van der Waals surface area (Å²) in [6.07, 6.45) is 0. The highest BCUT2D eigenvalue weighted by atomic mass is 16.5. The highest BCUT2D eigenvalue weighted by Gasteiger charge is 2.23. The van der Waals surface area contributed by atoms with Gasteiger partial charge in [-0.3, -0.25) is 4.79 Å². The van der Waals surface area contributed by atoms with E-state index in [0.717, 1.165) is 5.56 Å². The number of amides is 1. The normalized spacial score (nSPS) is 11.7. The van der Waals surface area contributed by atoms with Crippen molar-refractivity contribution in [2.75, 3.05) is 18.5 Å². The Hall–Kier alpha value is -2.82. The van der Waals surface area contributed by atoms with E-state index in [1.165, 1.54) is 5.56 Å². The summed E-state index contributed by atoms with van der Waals surface area (Å²) in [7, 11) is 0. The van der Waals surface area contributed by atoms with Crippen molar-refractivity contribution < 1.29 is 19.1 Å². The van der Waals surface area contributed by atoms with E-state index in [4.69, 9.17) is 9.47 Å². The lowest BCUT2D eigenvalue weighted by Crippen LogP contribution is -2.22. The quantitative estimate of drug-likeness (QED) is 0.640. The minimum absolute atomic E-state index is 0.0334. The van der Waals surface area contributed by atoms with Gasteiger partial charge in [-0.05, 0) is 59.2 Å². The van der Waals surface area contributed by atoms with Gasteiger partial charge in [-0.25, -0.2) is 4.79 Å². The second-order valence-corrected chi connectivity index (χ2v) is 9.35. The Labute approximate surface area is 179 Å². The van der Waals surface area contributed by atoms with E-state index >= 15 is 0 Å². The number of rotatable bonds is 6. The molecule has 5 heteroatoms. The first-order valence-corrected chi connectivity index (χ1v) is 10.3. The number of carbonyl (C=O) groups is 2. The lowest BCUT2D eigenvalue weighted by molar-refractivity contribution is -0.118. The molecule has 0 aromatic heterocycles. The molecule has 0 saturated heterocycles. The van der Waals surface area contributed by atoms with Crippen LogP contribution in [-0.2, 0) is 20.4 Å². The van der Waals surface area contributed by atoms with E-state index in [9.17, 15) is 9.59 Å². The van der Waals surface area contributed by atoms with Crippen LogP contribution in [0.4, 0.5) is 5.69 Å². The van der Waals surface area contributed by atoms with E-state index in [1.807, 2.05) is 6.07 Å². The Bertz CT molecular complexity index is 887. The van der Waals surface area contributed by atoms with Gasteiger partial charge in [-0.1, -0.05) is 53.7 Å². The maximum atomic E-state index is 12.4. The minimum Gasteiger partial charge on any atom is -0.483 e. The van der Waals surface area contributed by atoms with Gasteiger partial charge < -0.3 is 14.8 Å². The van der Waals surface area contributed by atoms with Crippen molar-refractivity contribution in [2.24, 2.45) is 0 Å². The maximum Gasteiger partial charge on any atom is 0.338 e. The van der Waals surface area contributed by atoms with E-state index < -0.39 is 0 Å². The molecule has 0 aliphatic carbocycles. The number of anilines is 1. The standard InChI is InChI=1S/C25H33NO4/c1-8-29-23(28)17-9-12-19(13-10-17)26-22(27)16-30-21-14-11-18(24(2,3)4)15-20(21)25(5,6)7/h9-15H,8,16H2,1-7H3,(H,26,27). The number of esters is 1.